The van der Waals surface area contributed by atoms with E-state index < -0.39 is 15.9 Å². The van der Waals surface area contributed by atoms with Gasteiger partial charge in [-0.1, -0.05) is 41.1 Å². The Morgan fingerprint density at radius 2 is 1.80 bits per heavy atom. The maximum absolute atomic E-state index is 12.4. The van der Waals surface area contributed by atoms with Gasteiger partial charge in [0, 0.05) is 0 Å². The van der Waals surface area contributed by atoms with Crippen molar-refractivity contribution < 1.29 is 13.2 Å². The van der Waals surface area contributed by atoms with Crippen LogP contribution in [0.1, 0.15) is 21.6 Å². The summed E-state index contributed by atoms with van der Waals surface area (Å²) >= 11 is 0. The molecule has 0 saturated heterocycles. The van der Waals surface area contributed by atoms with Crippen LogP contribution in [0.15, 0.2) is 59.6 Å². The third-order valence-electron chi connectivity index (χ3n) is 3.59. The van der Waals surface area contributed by atoms with Gasteiger partial charge in [0.2, 0.25) is 0 Å². The number of hydrogen-bond acceptors (Lipinski definition) is 5. The van der Waals surface area contributed by atoms with E-state index in [0.717, 1.165) is 5.56 Å². The lowest BCUT2D eigenvalue weighted by Crippen LogP contribution is -2.31. The van der Waals surface area contributed by atoms with Gasteiger partial charge in [0.25, 0.3) is 15.9 Å². The zero-order chi connectivity index (χ0) is 18.0. The molecule has 0 spiro atoms. The first-order valence-corrected chi connectivity index (χ1v) is 8.97. The lowest BCUT2D eigenvalue weighted by Gasteiger charge is -2.08. The molecule has 0 bridgehead atoms. The van der Waals surface area contributed by atoms with Crippen molar-refractivity contribution in [2.24, 2.45) is 0 Å². The van der Waals surface area contributed by atoms with E-state index in [2.05, 4.69) is 10.3 Å². The summed E-state index contributed by atoms with van der Waals surface area (Å²) < 4.78 is 28.3. The Hall–Kier alpha value is -3.00. The van der Waals surface area contributed by atoms with E-state index in [4.69, 9.17) is 0 Å². The quantitative estimate of drug-likeness (QED) is 0.772. The largest absolute Gasteiger partial charge is 0.287 e. The van der Waals surface area contributed by atoms with Crippen molar-refractivity contribution in [1.29, 1.82) is 0 Å². The first kappa shape index (κ1) is 16.8. The Morgan fingerprint density at radius 3 is 2.48 bits per heavy atom. The molecule has 25 heavy (non-hydrogen) atoms. The van der Waals surface area contributed by atoms with Crippen LogP contribution in [-0.2, 0) is 10.0 Å². The van der Waals surface area contributed by atoms with Gasteiger partial charge in [0.1, 0.15) is 0 Å². The van der Waals surface area contributed by atoms with Crippen molar-refractivity contribution in [3.8, 4) is 5.69 Å². The van der Waals surface area contributed by atoms with Crippen molar-refractivity contribution in [3.63, 3.8) is 0 Å². The molecule has 0 fully saturated rings. The molecule has 0 radical (unpaired) electrons. The first-order valence-electron chi connectivity index (χ1n) is 7.49. The first-order chi connectivity index (χ1) is 11.9. The molecule has 0 unspecified atom stereocenters. The Kier molecular flexibility index (Phi) is 4.37. The van der Waals surface area contributed by atoms with Gasteiger partial charge in [-0.2, -0.15) is 0 Å². The molecule has 0 aliphatic carbocycles. The van der Waals surface area contributed by atoms with Crippen molar-refractivity contribution in [3.05, 3.63) is 71.5 Å². The maximum atomic E-state index is 12.4. The molecule has 0 atom stereocenters. The van der Waals surface area contributed by atoms with E-state index in [9.17, 15) is 13.2 Å². The fraction of sp³-hybridized carbons (Fsp3) is 0.118. The fourth-order valence-corrected chi connectivity index (χ4v) is 3.59. The molecule has 8 heteroatoms. The smallest absolute Gasteiger partial charge is 0.266 e. The van der Waals surface area contributed by atoms with Crippen LogP contribution < -0.4 is 4.72 Å². The van der Waals surface area contributed by atoms with Crippen molar-refractivity contribution in [2.75, 3.05) is 0 Å². The highest BCUT2D eigenvalue weighted by Crippen LogP contribution is 2.16. The van der Waals surface area contributed by atoms with Gasteiger partial charge in [-0.3, -0.25) is 4.79 Å². The predicted molar refractivity (Wildman–Crippen MR) is 91.9 cm³/mol. The molecule has 1 aromatic heterocycles. The predicted octanol–water partition coefficient (Wildman–Crippen LogP) is 2.00. The molecular weight excluding hydrogens is 340 g/mol. The Bertz CT molecular complexity index is 1030. The van der Waals surface area contributed by atoms with Crippen LogP contribution in [-0.4, -0.2) is 29.3 Å². The van der Waals surface area contributed by atoms with Gasteiger partial charge >= 0.3 is 0 Å². The number of amides is 1. The summed E-state index contributed by atoms with van der Waals surface area (Å²) in [5.41, 5.74) is 2.13. The van der Waals surface area contributed by atoms with E-state index in [1.807, 2.05) is 29.8 Å². The number of sulfonamides is 1. The number of carbonyl (C=O) groups is 1. The van der Waals surface area contributed by atoms with E-state index in [1.54, 1.807) is 31.2 Å². The van der Waals surface area contributed by atoms with Gasteiger partial charge < -0.3 is 0 Å². The number of nitrogens with one attached hydrogen (secondary N) is 1. The van der Waals surface area contributed by atoms with Gasteiger partial charge in [0.15, 0.2) is 5.69 Å². The molecule has 1 heterocycles. The normalized spacial score (nSPS) is 11.3. The minimum Gasteiger partial charge on any atom is -0.266 e. The van der Waals surface area contributed by atoms with Crippen LogP contribution in [0.3, 0.4) is 0 Å². The van der Waals surface area contributed by atoms with Crippen LogP contribution in [0.4, 0.5) is 0 Å². The average molecular weight is 356 g/mol. The van der Waals surface area contributed by atoms with Crippen LogP contribution in [0.25, 0.3) is 5.69 Å². The maximum Gasteiger partial charge on any atom is 0.287 e. The molecule has 0 aliphatic rings. The summed E-state index contributed by atoms with van der Waals surface area (Å²) in [5, 5.41) is 7.59. The van der Waals surface area contributed by atoms with Crippen LogP contribution in [0.2, 0.25) is 0 Å². The van der Waals surface area contributed by atoms with Crippen LogP contribution in [0.5, 0.6) is 0 Å². The molecule has 7 nitrogen and oxygen atoms in total. The summed E-state index contributed by atoms with van der Waals surface area (Å²) in [5.74, 6) is -0.831. The summed E-state index contributed by atoms with van der Waals surface area (Å²) in [6, 6.07) is 14.0. The number of hydrogen-bond donors (Lipinski definition) is 1. The number of benzene rings is 2. The molecular formula is C17H16N4O3S. The van der Waals surface area contributed by atoms with E-state index in [-0.39, 0.29) is 10.6 Å². The second-order valence-electron chi connectivity index (χ2n) is 5.59. The molecule has 1 N–H and O–H groups in total. The molecule has 128 valence electrons. The summed E-state index contributed by atoms with van der Waals surface area (Å²) in [4.78, 5) is 12.3. The van der Waals surface area contributed by atoms with Crippen molar-refractivity contribution >= 4 is 15.9 Å². The van der Waals surface area contributed by atoms with Crippen molar-refractivity contribution in [2.45, 2.75) is 18.7 Å². The van der Waals surface area contributed by atoms with Crippen molar-refractivity contribution in [1.82, 2.24) is 19.7 Å². The molecule has 2 aromatic carbocycles. The SMILES string of the molecule is Cc1ccc(S(=O)(=O)NC(=O)c2cn(-c3ccccc3)nn2)c(C)c1. The lowest BCUT2D eigenvalue weighted by molar-refractivity contribution is 0.0976. The number of aryl methyl sites for hydroxylation is 2. The van der Waals surface area contributed by atoms with E-state index in [0.29, 0.717) is 11.3 Å². The highest BCUT2D eigenvalue weighted by molar-refractivity contribution is 7.90. The zero-order valence-electron chi connectivity index (χ0n) is 13.7. The number of carbonyl (C=O) groups excluding carboxylic acids is 1. The molecule has 3 aromatic rings. The number of aromatic nitrogens is 3. The van der Waals surface area contributed by atoms with Crippen LogP contribution in [0, 0.1) is 13.8 Å². The Labute approximate surface area is 145 Å². The second-order valence-corrected chi connectivity index (χ2v) is 7.24. The summed E-state index contributed by atoms with van der Waals surface area (Å²) in [6.07, 6.45) is 1.38. The average Bonchev–Trinajstić information content (AvgIpc) is 3.05. The van der Waals surface area contributed by atoms with E-state index >= 15 is 0 Å². The molecule has 0 aliphatic heterocycles. The van der Waals surface area contributed by atoms with Gasteiger partial charge in [0.05, 0.1) is 16.8 Å². The third kappa shape index (κ3) is 3.58. The fourth-order valence-electron chi connectivity index (χ4n) is 2.40. The molecule has 0 saturated carbocycles. The standard InChI is InChI=1S/C17H16N4O3S/c1-12-8-9-16(13(2)10-12)25(23,24)19-17(22)15-11-21(20-18-15)14-6-4-3-5-7-14/h3-11H,1-2H3,(H,19,22). The highest BCUT2D eigenvalue weighted by atomic mass is 32.2. The topological polar surface area (TPSA) is 94.0 Å². The highest BCUT2D eigenvalue weighted by Gasteiger charge is 2.22. The van der Waals surface area contributed by atoms with Gasteiger partial charge in [-0.15, -0.1) is 5.10 Å². The number of para-hydroxylation sites is 1. The molecule has 1 amide bonds. The summed E-state index contributed by atoms with van der Waals surface area (Å²) in [7, 11) is -3.99. The van der Waals surface area contributed by atoms with Gasteiger partial charge in [-0.05, 0) is 37.6 Å². The second kappa shape index (κ2) is 6.48. The number of nitrogens with zero attached hydrogens (tertiary/aromatic N) is 3. The third-order valence-corrected chi connectivity index (χ3v) is 5.08. The molecule has 3 rings (SSSR count). The van der Waals surface area contributed by atoms with E-state index in [1.165, 1.54) is 16.9 Å². The number of rotatable bonds is 4. The minimum absolute atomic E-state index is 0.0573. The lowest BCUT2D eigenvalue weighted by atomic mass is 10.2. The Balaban J connectivity index is 1.84. The van der Waals surface area contributed by atoms with Gasteiger partial charge in [-0.25, -0.2) is 17.8 Å². The zero-order valence-corrected chi connectivity index (χ0v) is 14.5. The monoisotopic (exact) mass is 356 g/mol. The van der Waals surface area contributed by atoms with Crippen LogP contribution >= 0.6 is 0 Å². The Morgan fingerprint density at radius 1 is 1.08 bits per heavy atom. The summed E-state index contributed by atoms with van der Waals surface area (Å²) in [6.45, 7) is 3.54. The minimum atomic E-state index is -3.99.